The number of carbonyl (C=O) groups is 1. The van der Waals surface area contributed by atoms with Crippen molar-refractivity contribution in [2.75, 3.05) is 26.8 Å². The van der Waals surface area contributed by atoms with Crippen molar-refractivity contribution in [1.82, 2.24) is 9.88 Å². The summed E-state index contributed by atoms with van der Waals surface area (Å²) in [5, 5.41) is 9.33. The average molecular weight is 368 g/mol. The van der Waals surface area contributed by atoms with E-state index in [1.807, 2.05) is 35.2 Å². The van der Waals surface area contributed by atoms with Gasteiger partial charge < -0.3 is 14.7 Å². The molecule has 1 aromatic carbocycles. The maximum absolute atomic E-state index is 13.0. The van der Waals surface area contributed by atoms with Gasteiger partial charge in [-0.2, -0.15) is 0 Å². The molecule has 144 valence electrons. The number of rotatable bonds is 7. The van der Waals surface area contributed by atoms with Gasteiger partial charge in [-0.1, -0.05) is 12.1 Å². The lowest BCUT2D eigenvalue weighted by Crippen LogP contribution is -2.40. The second-order valence-electron chi connectivity index (χ2n) is 7.18. The van der Waals surface area contributed by atoms with Gasteiger partial charge in [0.15, 0.2) is 0 Å². The van der Waals surface area contributed by atoms with Crippen LogP contribution >= 0.6 is 0 Å². The number of pyridine rings is 1. The summed E-state index contributed by atoms with van der Waals surface area (Å²) < 4.78 is 5.15. The van der Waals surface area contributed by atoms with Gasteiger partial charge >= 0.3 is 0 Å². The average Bonchev–Trinajstić information content (AvgIpc) is 2.74. The standard InChI is InChI=1S/C22H28N2O3/c1-27-12-4-6-17-5-3-11-24(15-17)22(26)20-8-2-7-19(14-20)21-13-18(16-25)9-10-23-21/h2,7-10,13-14,17,25H,3-6,11-12,15-16H2,1H3/t17-/m1/s1. The second-order valence-corrected chi connectivity index (χ2v) is 7.18. The van der Waals surface area contributed by atoms with Crippen LogP contribution in [-0.2, 0) is 11.3 Å². The second kappa shape index (κ2) is 9.62. The molecule has 1 amide bonds. The number of aliphatic hydroxyl groups excluding tert-OH is 1. The van der Waals surface area contributed by atoms with E-state index in [1.54, 1.807) is 19.4 Å². The van der Waals surface area contributed by atoms with Crippen molar-refractivity contribution in [2.45, 2.75) is 32.3 Å². The Morgan fingerprint density at radius 2 is 2.22 bits per heavy atom. The predicted octanol–water partition coefficient (Wildman–Crippen LogP) is 3.52. The summed E-state index contributed by atoms with van der Waals surface area (Å²) in [4.78, 5) is 19.4. The third-order valence-corrected chi connectivity index (χ3v) is 5.18. The van der Waals surface area contributed by atoms with Crippen molar-refractivity contribution in [3.63, 3.8) is 0 Å². The Morgan fingerprint density at radius 1 is 1.33 bits per heavy atom. The van der Waals surface area contributed by atoms with Crippen molar-refractivity contribution in [3.05, 3.63) is 53.7 Å². The van der Waals surface area contributed by atoms with Gasteiger partial charge in [0.05, 0.1) is 12.3 Å². The number of hydrogen-bond acceptors (Lipinski definition) is 4. The maximum atomic E-state index is 13.0. The highest BCUT2D eigenvalue weighted by atomic mass is 16.5. The molecule has 0 unspecified atom stereocenters. The number of benzene rings is 1. The number of aliphatic hydroxyl groups is 1. The highest BCUT2D eigenvalue weighted by Crippen LogP contribution is 2.24. The van der Waals surface area contributed by atoms with E-state index in [-0.39, 0.29) is 12.5 Å². The lowest BCUT2D eigenvalue weighted by atomic mass is 9.93. The maximum Gasteiger partial charge on any atom is 0.253 e. The zero-order valence-corrected chi connectivity index (χ0v) is 15.9. The van der Waals surface area contributed by atoms with Crippen LogP contribution in [0.2, 0.25) is 0 Å². The fourth-order valence-electron chi connectivity index (χ4n) is 3.73. The lowest BCUT2D eigenvalue weighted by molar-refractivity contribution is 0.0660. The molecule has 2 aromatic rings. The van der Waals surface area contributed by atoms with Crippen molar-refractivity contribution in [2.24, 2.45) is 5.92 Å². The van der Waals surface area contributed by atoms with Gasteiger partial charge in [-0.15, -0.1) is 0 Å². The van der Waals surface area contributed by atoms with E-state index >= 15 is 0 Å². The summed E-state index contributed by atoms with van der Waals surface area (Å²) in [6.45, 7) is 2.41. The van der Waals surface area contributed by atoms with Gasteiger partial charge in [0.25, 0.3) is 5.91 Å². The molecule has 0 radical (unpaired) electrons. The summed E-state index contributed by atoms with van der Waals surface area (Å²) in [5.41, 5.74) is 3.17. The number of ether oxygens (including phenoxy) is 1. The van der Waals surface area contributed by atoms with Crippen LogP contribution in [0.15, 0.2) is 42.6 Å². The molecule has 0 bridgehead atoms. The molecule has 0 saturated carbocycles. The number of aromatic nitrogens is 1. The Morgan fingerprint density at radius 3 is 3.04 bits per heavy atom. The number of piperidine rings is 1. The smallest absolute Gasteiger partial charge is 0.253 e. The molecule has 0 spiro atoms. The third kappa shape index (κ3) is 5.15. The Balaban J connectivity index is 1.71. The fraction of sp³-hybridized carbons (Fsp3) is 0.455. The molecule has 1 aliphatic rings. The van der Waals surface area contributed by atoms with Crippen LogP contribution in [0.4, 0.5) is 0 Å². The van der Waals surface area contributed by atoms with Gasteiger partial charge in [-0.25, -0.2) is 0 Å². The highest BCUT2D eigenvalue weighted by molar-refractivity contribution is 5.95. The van der Waals surface area contributed by atoms with Crippen LogP contribution in [-0.4, -0.2) is 47.7 Å². The van der Waals surface area contributed by atoms with Gasteiger partial charge in [0.1, 0.15) is 0 Å². The summed E-state index contributed by atoms with van der Waals surface area (Å²) in [6.07, 6.45) is 6.08. The first-order chi connectivity index (χ1) is 13.2. The minimum atomic E-state index is -0.0214. The number of nitrogens with zero attached hydrogens (tertiary/aromatic N) is 2. The van der Waals surface area contributed by atoms with Crippen LogP contribution in [0.5, 0.6) is 0 Å². The van der Waals surface area contributed by atoms with Crippen molar-refractivity contribution in [1.29, 1.82) is 0 Å². The molecule has 5 heteroatoms. The Kier molecular flexibility index (Phi) is 6.96. The first-order valence-corrected chi connectivity index (χ1v) is 9.65. The molecule has 1 aliphatic heterocycles. The van der Waals surface area contributed by atoms with Crippen molar-refractivity contribution < 1.29 is 14.6 Å². The Labute approximate surface area is 161 Å². The van der Waals surface area contributed by atoms with E-state index in [0.717, 1.165) is 55.8 Å². The molecule has 1 aromatic heterocycles. The minimum absolute atomic E-state index is 0.0214. The zero-order valence-electron chi connectivity index (χ0n) is 15.9. The Hall–Kier alpha value is -2.24. The molecule has 1 saturated heterocycles. The number of methoxy groups -OCH3 is 1. The molecule has 0 aliphatic carbocycles. The van der Waals surface area contributed by atoms with E-state index in [0.29, 0.717) is 11.5 Å². The third-order valence-electron chi connectivity index (χ3n) is 5.18. The monoisotopic (exact) mass is 368 g/mol. The molecule has 1 N–H and O–H groups in total. The van der Waals surface area contributed by atoms with Gasteiger partial charge in [0, 0.05) is 44.1 Å². The molecule has 2 heterocycles. The normalized spacial score (nSPS) is 17.1. The van der Waals surface area contributed by atoms with Crippen LogP contribution in [0.3, 0.4) is 0 Å². The summed E-state index contributed by atoms with van der Waals surface area (Å²) in [7, 11) is 1.73. The van der Waals surface area contributed by atoms with Crippen LogP contribution < -0.4 is 0 Å². The zero-order chi connectivity index (χ0) is 19.1. The van der Waals surface area contributed by atoms with E-state index in [2.05, 4.69) is 4.98 Å². The van der Waals surface area contributed by atoms with Crippen molar-refractivity contribution >= 4 is 5.91 Å². The molecule has 27 heavy (non-hydrogen) atoms. The summed E-state index contributed by atoms with van der Waals surface area (Å²) in [6, 6.07) is 11.3. The van der Waals surface area contributed by atoms with Crippen molar-refractivity contribution in [3.8, 4) is 11.3 Å². The minimum Gasteiger partial charge on any atom is -0.392 e. The van der Waals surface area contributed by atoms with E-state index in [4.69, 9.17) is 4.74 Å². The fourth-order valence-corrected chi connectivity index (χ4v) is 3.73. The number of hydrogen-bond donors (Lipinski definition) is 1. The molecular formula is C22H28N2O3. The largest absolute Gasteiger partial charge is 0.392 e. The first-order valence-electron chi connectivity index (χ1n) is 9.65. The number of likely N-dealkylation sites (tertiary alicyclic amines) is 1. The highest BCUT2D eigenvalue weighted by Gasteiger charge is 2.24. The number of amides is 1. The SMILES string of the molecule is COCCC[C@H]1CCCN(C(=O)c2cccc(-c3cc(CO)ccn3)c2)C1. The topological polar surface area (TPSA) is 62.7 Å². The summed E-state index contributed by atoms with van der Waals surface area (Å²) >= 11 is 0. The lowest BCUT2D eigenvalue weighted by Gasteiger charge is -2.33. The molecule has 1 atom stereocenters. The van der Waals surface area contributed by atoms with Crippen LogP contribution in [0, 0.1) is 5.92 Å². The predicted molar refractivity (Wildman–Crippen MR) is 105 cm³/mol. The van der Waals surface area contributed by atoms with Gasteiger partial charge in [-0.05, 0) is 61.4 Å². The molecule has 5 nitrogen and oxygen atoms in total. The van der Waals surface area contributed by atoms with Gasteiger partial charge in [0.2, 0.25) is 0 Å². The van der Waals surface area contributed by atoms with E-state index in [1.165, 1.54) is 6.42 Å². The first kappa shape index (κ1) is 19.5. The van der Waals surface area contributed by atoms with E-state index in [9.17, 15) is 9.90 Å². The van der Waals surface area contributed by atoms with E-state index < -0.39 is 0 Å². The quantitative estimate of drug-likeness (QED) is 0.760. The van der Waals surface area contributed by atoms with Crippen LogP contribution in [0.1, 0.15) is 41.6 Å². The molecular weight excluding hydrogens is 340 g/mol. The summed E-state index contributed by atoms with van der Waals surface area (Å²) in [5.74, 6) is 0.649. The van der Waals surface area contributed by atoms with Crippen LogP contribution in [0.25, 0.3) is 11.3 Å². The molecule has 1 fully saturated rings. The Bertz CT molecular complexity index is 763. The number of carbonyl (C=O) groups excluding carboxylic acids is 1. The van der Waals surface area contributed by atoms with Gasteiger partial charge in [-0.3, -0.25) is 9.78 Å². The molecule has 3 rings (SSSR count).